The van der Waals surface area contributed by atoms with Gasteiger partial charge in [-0.05, 0) is 30.5 Å². The zero-order chi connectivity index (χ0) is 12.8. The Morgan fingerprint density at radius 1 is 1.39 bits per heavy atom. The van der Waals surface area contributed by atoms with Crippen molar-refractivity contribution < 1.29 is 9.90 Å². The van der Waals surface area contributed by atoms with Crippen LogP contribution in [0.15, 0.2) is 24.3 Å². The zero-order valence-electron chi connectivity index (χ0n) is 10.5. The molecule has 4 heteroatoms. The first-order valence-electron chi connectivity index (χ1n) is 6.49. The first-order valence-corrected chi connectivity index (χ1v) is 6.49. The predicted molar refractivity (Wildman–Crippen MR) is 69.9 cm³/mol. The Hall–Kier alpha value is -1.39. The van der Waals surface area contributed by atoms with Gasteiger partial charge in [0.25, 0.3) is 0 Å². The van der Waals surface area contributed by atoms with Gasteiger partial charge in [0.05, 0.1) is 12.6 Å². The number of rotatable bonds is 4. The van der Waals surface area contributed by atoms with Crippen LogP contribution in [0.25, 0.3) is 0 Å². The minimum absolute atomic E-state index is 0.0337. The van der Waals surface area contributed by atoms with Crippen molar-refractivity contribution in [3.8, 4) is 0 Å². The summed E-state index contributed by atoms with van der Waals surface area (Å²) in [4.78, 5) is 11.9. The smallest absolute Gasteiger partial charge is 0.237 e. The van der Waals surface area contributed by atoms with Crippen LogP contribution in [0.2, 0.25) is 0 Å². The van der Waals surface area contributed by atoms with E-state index in [2.05, 4.69) is 10.6 Å². The second-order valence-corrected chi connectivity index (χ2v) is 4.70. The molecule has 1 aliphatic rings. The van der Waals surface area contributed by atoms with Crippen molar-refractivity contribution in [3.63, 3.8) is 0 Å². The van der Waals surface area contributed by atoms with Gasteiger partial charge in [-0.2, -0.15) is 0 Å². The molecule has 98 valence electrons. The molecule has 0 bridgehead atoms. The second kappa shape index (κ2) is 6.52. The SMILES string of the molecule is O=C(NCc1cccc(CO)c1)[C@H]1CCCCN1. The third-order valence-corrected chi connectivity index (χ3v) is 3.27. The zero-order valence-corrected chi connectivity index (χ0v) is 10.5. The lowest BCUT2D eigenvalue weighted by molar-refractivity contribution is -0.123. The van der Waals surface area contributed by atoms with Crippen molar-refractivity contribution in [1.82, 2.24) is 10.6 Å². The minimum Gasteiger partial charge on any atom is -0.392 e. The monoisotopic (exact) mass is 248 g/mol. The van der Waals surface area contributed by atoms with Crippen LogP contribution in [0.5, 0.6) is 0 Å². The Morgan fingerprint density at radius 3 is 2.94 bits per heavy atom. The van der Waals surface area contributed by atoms with Crippen LogP contribution in [-0.4, -0.2) is 23.6 Å². The van der Waals surface area contributed by atoms with Gasteiger partial charge in [-0.25, -0.2) is 0 Å². The molecule has 1 amide bonds. The molecule has 0 aromatic heterocycles. The van der Waals surface area contributed by atoms with E-state index in [1.165, 1.54) is 0 Å². The fourth-order valence-corrected chi connectivity index (χ4v) is 2.23. The maximum atomic E-state index is 11.9. The molecule has 1 fully saturated rings. The van der Waals surface area contributed by atoms with Gasteiger partial charge in [0.2, 0.25) is 5.91 Å². The van der Waals surface area contributed by atoms with E-state index in [9.17, 15) is 4.79 Å². The van der Waals surface area contributed by atoms with E-state index in [1.54, 1.807) is 0 Å². The summed E-state index contributed by atoms with van der Waals surface area (Å²) in [6.45, 7) is 1.48. The van der Waals surface area contributed by atoms with E-state index in [1.807, 2.05) is 24.3 Å². The molecule has 0 unspecified atom stereocenters. The van der Waals surface area contributed by atoms with E-state index in [-0.39, 0.29) is 18.6 Å². The highest BCUT2D eigenvalue weighted by molar-refractivity contribution is 5.81. The third kappa shape index (κ3) is 3.55. The highest BCUT2D eigenvalue weighted by atomic mass is 16.3. The summed E-state index contributed by atoms with van der Waals surface area (Å²) in [5, 5.41) is 15.2. The molecule has 0 aliphatic carbocycles. The summed E-state index contributed by atoms with van der Waals surface area (Å²) in [5.74, 6) is 0.0732. The Morgan fingerprint density at radius 2 is 2.22 bits per heavy atom. The fourth-order valence-electron chi connectivity index (χ4n) is 2.23. The van der Waals surface area contributed by atoms with Crippen LogP contribution >= 0.6 is 0 Å². The van der Waals surface area contributed by atoms with Gasteiger partial charge in [0.15, 0.2) is 0 Å². The van der Waals surface area contributed by atoms with Crippen molar-refractivity contribution >= 4 is 5.91 Å². The highest BCUT2D eigenvalue weighted by Gasteiger charge is 2.19. The Kier molecular flexibility index (Phi) is 4.73. The van der Waals surface area contributed by atoms with Crippen LogP contribution in [0.4, 0.5) is 0 Å². The first-order chi connectivity index (χ1) is 8.79. The molecule has 1 atom stereocenters. The number of amides is 1. The lowest BCUT2D eigenvalue weighted by Gasteiger charge is -2.22. The molecule has 1 heterocycles. The molecule has 18 heavy (non-hydrogen) atoms. The van der Waals surface area contributed by atoms with Gasteiger partial charge in [0.1, 0.15) is 0 Å². The number of benzene rings is 1. The van der Waals surface area contributed by atoms with Crippen molar-refractivity contribution in [2.24, 2.45) is 0 Å². The summed E-state index contributed by atoms with van der Waals surface area (Å²) < 4.78 is 0. The van der Waals surface area contributed by atoms with Crippen LogP contribution in [-0.2, 0) is 17.9 Å². The number of piperidine rings is 1. The summed E-state index contributed by atoms with van der Waals surface area (Å²) in [6.07, 6.45) is 3.19. The van der Waals surface area contributed by atoms with E-state index in [4.69, 9.17) is 5.11 Å². The van der Waals surface area contributed by atoms with Crippen LogP contribution in [0.3, 0.4) is 0 Å². The topological polar surface area (TPSA) is 61.4 Å². The summed E-state index contributed by atoms with van der Waals surface area (Å²) in [7, 11) is 0. The quantitative estimate of drug-likeness (QED) is 0.743. The summed E-state index contributed by atoms with van der Waals surface area (Å²) >= 11 is 0. The molecule has 0 saturated carbocycles. The predicted octanol–water partition coefficient (Wildman–Crippen LogP) is 0.937. The van der Waals surface area contributed by atoms with Gasteiger partial charge in [-0.3, -0.25) is 4.79 Å². The molecule has 2 rings (SSSR count). The molecule has 4 nitrogen and oxygen atoms in total. The molecule has 1 aliphatic heterocycles. The van der Waals surface area contributed by atoms with E-state index < -0.39 is 0 Å². The van der Waals surface area contributed by atoms with Gasteiger partial charge in [-0.15, -0.1) is 0 Å². The molecule has 3 N–H and O–H groups in total. The van der Waals surface area contributed by atoms with Gasteiger partial charge in [0, 0.05) is 6.54 Å². The highest BCUT2D eigenvalue weighted by Crippen LogP contribution is 2.08. The normalized spacial score (nSPS) is 19.5. The third-order valence-electron chi connectivity index (χ3n) is 3.27. The lowest BCUT2D eigenvalue weighted by atomic mass is 10.0. The number of hydrogen-bond acceptors (Lipinski definition) is 3. The summed E-state index contributed by atoms with van der Waals surface area (Å²) in [6, 6.07) is 7.59. The maximum Gasteiger partial charge on any atom is 0.237 e. The van der Waals surface area contributed by atoms with Gasteiger partial charge >= 0.3 is 0 Å². The van der Waals surface area contributed by atoms with E-state index >= 15 is 0 Å². The molecular formula is C14H20N2O2. The van der Waals surface area contributed by atoms with Crippen molar-refractivity contribution in [3.05, 3.63) is 35.4 Å². The van der Waals surface area contributed by atoms with E-state index in [0.717, 1.165) is 36.9 Å². The largest absolute Gasteiger partial charge is 0.392 e. The average molecular weight is 248 g/mol. The second-order valence-electron chi connectivity index (χ2n) is 4.70. The average Bonchev–Trinajstić information content (AvgIpc) is 2.46. The van der Waals surface area contributed by atoms with Crippen molar-refractivity contribution in [2.75, 3.05) is 6.54 Å². The summed E-state index contributed by atoms with van der Waals surface area (Å²) in [5.41, 5.74) is 1.89. The van der Waals surface area contributed by atoms with E-state index in [0.29, 0.717) is 6.54 Å². The number of nitrogens with one attached hydrogen (secondary N) is 2. The molecule has 0 radical (unpaired) electrons. The van der Waals surface area contributed by atoms with Crippen molar-refractivity contribution in [1.29, 1.82) is 0 Å². The first kappa shape index (κ1) is 13.1. The Labute approximate surface area is 107 Å². The Bertz CT molecular complexity index is 401. The van der Waals surface area contributed by atoms with Crippen LogP contribution < -0.4 is 10.6 Å². The van der Waals surface area contributed by atoms with Crippen LogP contribution in [0.1, 0.15) is 30.4 Å². The molecule has 0 spiro atoms. The number of aliphatic hydroxyl groups excluding tert-OH is 1. The number of carbonyl (C=O) groups excluding carboxylic acids is 1. The minimum atomic E-state index is -0.0419. The number of aliphatic hydroxyl groups is 1. The lowest BCUT2D eigenvalue weighted by Crippen LogP contribution is -2.46. The van der Waals surface area contributed by atoms with Crippen LogP contribution in [0, 0.1) is 0 Å². The van der Waals surface area contributed by atoms with Crippen molar-refractivity contribution in [2.45, 2.75) is 38.5 Å². The standard InChI is InChI=1S/C14H20N2O2/c17-10-12-5-3-4-11(8-12)9-16-14(18)13-6-1-2-7-15-13/h3-5,8,13,15,17H,1-2,6-7,9-10H2,(H,16,18)/t13-/m1/s1. The number of hydrogen-bond donors (Lipinski definition) is 3. The van der Waals surface area contributed by atoms with Gasteiger partial charge < -0.3 is 15.7 Å². The molecule has 1 aromatic carbocycles. The molecular weight excluding hydrogens is 228 g/mol. The maximum absolute atomic E-state index is 11.9. The van der Waals surface area contributed by atoms with Gasteiger partial charge in [-0.1, -0.05) is 30.7 Å². The molecule has 1 saturated heterocycles. The Balaban J connectivity index is 1.84. The molecule has 1 aromatic rings. The fraction of sp³-hybridized carbons (Fsp3) is 0.500. The number of carbonyl (C=O) groups is 1.